The molecule has 0 saturated carbocycles. The number of carboxylic acid groups (broad SMARTS) is 1. The van der Waals surface area contributed by atoms with Crippen LogP contribution in [0.4, 0.5) is 0 Å². The first kappa shape index (κ1) is 13.6. The van der Waals surface area contributed by atoms with Crippen molar-refractivity contribution in [2.24, 2.45) is 0 Å². The topological polar surface area (TPSA) is 54.4 Å². The molecule has 0 spiro atoms. The molecule has 0 aromatic heterocycles. The maximum Gasteiger partial charge on any atom is 0.303 e. The number of benzene rings is 2. The standard InChI is InChI=1S/C18H16O3/c19-16-10-9-14-2-1-3-15(18(14)16)13-7-4-12(5-8-13)6-11-17(20)21/h1-5,7-8H,6,9-11H2,(H,20,21). The average Bonchev–Trinajstić information content (AvgIpc) is 2.87. The van der Waals surface area contributed by atoms with Gasteiger partial charge in [0, 0.05) is 18.4 Å². The van der Waals surface area contributed by atoms with Crippen molar-refractivity contribution in [2.45, 2.75) is 25.7 Å². The predicted octanol–water partition coefficient (Wildman–Crippen LogP) is 3.50. The van der Waals surface area contributed by atoms with E-state index < -0.39 is 5.97 Å². The lowest BCUT2D eigenvalue weighted by Crippen LogP contribution is -1.98. The zero-order valence-corrected chi connectivity index (χ0v) is 11.6. The summed E-state index contributed by atoms with van der Waals surface area (Å²) in [5.41, 5.74) is 4.99. The van der Waals surface area contributed by atoms with Gasteiger partial charge in [-0.2, -0.15) is 0 Å². The number of fused-ring (bicyclic) bond motifs is 1. The van der Waals surface area contributed by atoms with Crippen LogP contribution < -0.4 is 0 Å². The van der Waals surface area contributed by atoms with Crippen LogP contribution in [0.3, 0.4) is 0 Å². The van der Waals surface area contributed by atoms with Gasteiger partial charge in [0.1, 0.15) is 0 Å². The fourth-order valence-electron chi connectivity index (χ4n) is 2.85. The second kappa shape index (κ2) is 5.52. The fraction of sp³-hybridized carbons (Fsp3) is 0.222. The number of rotatable bonds is 4. The second-order valence-corrected chi connectivity index (χ2v) is 5.35. The molecule has 0 atom stereocenters. The zero-order valence-electron chi connectivity index (χ0n) is 11.6. The van der Waals surface area contributed by atoms with Crippen molar-refractivity contribution in [3.8, 4) is 11.1 Å². The minimum Gasteiger partial charge on any atom is -0.481 e. The van der Waals surface area contributed by atoms with Gasteiger partial charge in [-0.15, -0.1) is 0 Å². The maximum absolute atomic E-state index is 12.0. The van der Waals surface area contributed by atoms with Crippen molar-refractivity contribution in [3.63, 3.8) is 0 Å². The molecule has 3 rings (SSSR count). The Kier molecular flexibility index (Phi) is 3.57. The van der Waals surface area contributed by atoms with Gasteiger partial charge in [0.15, 0.2) is 5.78 Å². The van der Waals surface area contributed by atoms with Crippen LogP contribution in [0.1, 0.15) is 34.3 Å². The molecule has 1 N–H and O–H groups in total. The van der Waals surface area contributed by atoms with Gasteiger partial charge in [0.25, 0.3) is 0 Å². The number of aliphatic carboxylic acids is 1. The van der Waals surface area contributed by atoms with Crippen molar-refractivity contribution in [1.29, 1.82) is 0 Å². The number of carbonyl (C=O) groups excluding carboxylic acids is 1. The van der Waals surface area contributed by atoms with Crippen LogP contribution in [-0.4, -0.2) is 16.9 Å². The highest BCUT2D eigenvalue weighted by molar-refractivity contribution is 6.06. The van der Waals surface area contributed by atoms with Crippen LogP contribution in [0.2, 0.25) is 0 Å². The molecule has 0 saturated heterocycles. The van der Waals surface area contributed by atoms with Crippen LogP contribution in [0.5, 0.6) is 0 Å². The smallest absolute Gasteiger partial charge is 0.303 e. The lowest BCUT2D eigenvalue weighted by Gasteiger charge is -2.08. The van der Waals surface area contributed by atoms with E-state index in [4.69, 9.17) is 5.11 Å². The van der Waals surface area contributed by atoms with Crippen LogP contribution in [0.15, 0.2) is 42.5 Å². The summed E-state index contributed by atoms with van der Waals surface area (Å²) in [6.07, 6.45) is 2.10. The van der Waals surface area contributed by atoms with Gasteiger partial charge >= 0.3 is 5.97 Å². The summed E-state index contributed by atoms with van der Waals surface area (Å²) in [4.78, 5) is 22.6. The first-order valence-corrected chi connectivity index (χ1v) is 7.11. The summed E-state index contributed by atoms with van der Waals surface area (Å²) >= 11 is 0. The van der Waals surface area contributed by atoms with Crippen molar-refractivity contribution < 1.29 is 14.7 Å². The Hall–Kier alpha value is -2.42. The molecule has 1 aliphatic rings. The third-order valence-corrected chi connectivity index (χ3v) is 3.94. The molecule has 2 aromatic carbocycles. The first-order valence-electron chi connectivity index (χ1n) is 7.11. The van der Waals surface area contributed by atoms with Gasteiger partial charge < -0.3 is 5.11 Å². The van der Waals surface area contributed by atoms with Gasteiger partial charge in [-0.3, -0.25) is 9.59 Å². The molecule has 0 heterocycles. The molecule has 3 nitrogen and oxygen atoms in total. The van der Waals surface area contributed by atoms with Gasteiger partial charge in [-0.1, -0.05) is 42.5 Å². The molecule has 0 unspecified atom stereocenters. The summed E-state index contributed by atoms with van der Waals surface area (Å²) in [7, 11) is 0. The van der Waals surface area contributed by atoms with Gasteiger partial charge in [0.2, 0.25) is 0 Å². The Balaban J connectivity index is 1.90. The molecule has 3 heteroatoms. The molecule has 1 aliphatic carbocycles. The second-order valence-electron chi connectivity index (χ2n) is 5.35. The Morgan fingerprint density at radius 1 is 1.05 bits per heavy atom. The summed E-state index contributed by atoms with van der Waals surface area (Å²) in [5, 5.41) is 8.70. The number of carboxylic acids is 1. The largest absolute Gasteiger partial charge is 0.481 e. The predicted molar refractivity (Wildman–Crippen MR) is 80.5 cm³/mol. The lowest BCUT2D eigenvalue weighted by atomic mass is 9.95. The number of carbonyl (C=O) groups is 2. The Morgan fingerprint density at radius 2 is 1.81 bits per heavy atom. The van der Waals surface area contributed by atoms with Crippen molar-refractivity contribution in [1.82, 2.24) is 0 Å². The highest BCUT2D eigenvalue weighted by atomic mass is 16.4. The molecule has 0 fully saturated rings. The van der Waals surface area contributed by atoms with E-state index in [0.717, 1.165) is 34.2 Å². The van der Waals surface area contributed by atoms with E-state index in [0.29, 0.717) is 12.8 Å². The molecule has 0 amide bonds. The van der Waals surface area contributed by atoms with Crippen molar-refractivity contribution in [2.75, 3.05) is 0 Å². The van der Waals surface area contributed by atoms with Crippen LogP contribution in [0.25, 0.3) is 11.1 Å². The zero-order chi connectivity index (χ0) is 14.8. The molecule has 21 heavy (non-hydrogen) atoms. The van der Waals surface area contributed by atoms with Crippen LogP contribution >= 0.6 is 0 Å². The molecule has 106 valence electrons. The number of ketones is 1. The Labute approximate surface area is 123 Å². The molecular weight excluding hydrogens is 264 g/mol. The van der Waals surface area contributed by atoms with Crippen molar-refractivity contribution >= 4 is 11.8 Å². The highest BCUT2D eigenvalue weighted by Crippen LogP contribution is 2.32. The SMILES string of the molecule is O=C(O)CCc1ccc(-c2cccc3c2C(=O)CC3)cc1. The number of hydrogen-bond acceptors (Lipinski definition) is 2. The molecular formula is C18H16O3. The monoisotopic (exact) mass is 280 g/mol. The molecule has 2 aromatic rings. The minimum atomic E-state index is -0.787. The van der Waals surface area contributed by atoms with E-state index >= 15 is 0 Å². The van der Waals surface area contributed by atoms with E-state index in [2.05, 4.69) is 0 Å². The van der Waals surface area contributed by atoms with Gasteiger partial charge in [-0.05, 0) is 35.1 Å². The number of hydrogen-bond donors (Lipinski definition) is 1. The summed E-state index contributed by atoms with van der Waals surface area (Å²) in [6.45, 7) is 0. The lowest BCUT2D eigenvalue weighted by molar-refractivity contribution is -0.136. The van der Waals surface area contributed by atoms with E-state index in [1.807, 2.05) is 42.5 Å². The van der Waals surface area contributed by atoms with Gasteiger partial charge in [0.05, 0.1) is 0 Å². The first-order chi connectivity index (χ1) is 10.1. The summed E-state index contributed by atoms with van der Waals surface area (Å²) < 4.78 is 0. The molecule has 0 bridgehead atoms. The average molecular weight is 280 g/mol. The Bertz CT molecular complexity index is 699. The summed E-state index contributed by atoms with van der Waals surface area (Å²) in [5.74, 6) is -0.568. The summed E-state index contributed by atoms with van der Waals surface area (Å²) in [6, 6.07) is 13.8. The van der Waals surface area contributed by atoms with Crippen LogP contribution in [-0.2, 0) is 17.6 Å². The van der Waals surface area contributed by atoms with E-state index in [1.54, 1.807) is 0 Å². The Morgan fingerprint density at radius 3 is 2.52 bits per heavy atom. The fourth-order valence-corrected chi connectivity index (χ4v) is 2.85. The number of Topliss-reactive ketones (excluding diaryl/α,β-unsaturated/α-hetero) is 1. The number of aryl methyl sites for hydroxylation is 2. The molecule has 0 radical (unpaired) electrons. The normalized spacial score (nSPS) is 13.2. The van der Waals surface area contributed by atoms with Crippen LogP contribution in [0, 0.1) is 0 Å². The van der Waals surface area contributed by atoms with Crippen molar-refractivity contribution in [3.05, 3.63) is 59.2 Å². The highest BCUT2D eigenvalue weighted by Gasteiger charge is 2.22. The third kappa shape index (κ3) is 2.72. The minimum absolute atomic E-state index is 0.137. The van der Waals surface area contributed by atoms with E-state index in [9.17, 15) is 9.59 Å². The van der Waals surface area contributed by atoms with E-state index in [1.165, 1.54) is 0 Å². The third-order valence-electron chi connectivity index (χ3n) is 3.94. The van der Waals surface area contributed by atoms with Gasteiger partial charge in [-0.25, -0.2) is 0 Å². The maximum atomic E-state index is 12.0. The molecule has 0 aliphatic heterocycles. The quantitative estimate of drug-likeness (QED) is 0.932. The van der Waals surface area contributed by atoms with E-state index in [-0.39, 0.29) is 12.2 Å².